The van der Waals surface area contributed by atoms with Crippen molar-refractivity contribution >= 4 is 31.9 Å². The number of hydrogen-bond donors (Lipinski definition) is 3. The van der Waals surface area contributed by atoms with E-state index in [0.29, 0.717) is 17.9 Å². The van der Waals surface area contributed by atoms with Gasteiger partial charge in [0.25, 0.3) is 0 Å². The van der Waals surface area contributed by atoms with Crippen LogP contribution in [-0.2, 0) is 22.5 Å². The second kappa shape index (κ2) is 12.7. The molecule has 0 unspecified atom stereocenters. The molecule has 0 saturated heterocycles. The smallest absolute Gasteiger partial charge is 0.411 e. The average Bonchev–Trinajstić information content (AvgIpc) is 3.27. The summed E-state index contributed by atoms with van der Waals surface area (Å²) in [5.41, 5.74) is 1.90. The number of carbonyl (C=O) groups excluding carboxylic acids is 2. The van der Waals surface area contributed by atoms with E-state index in [-0.39, 0.29) is 36.6 Å². The van der Waals surface area contributed by atoms with E-state index in [1.807, 2.05) is 30.3 Å². The van der Waals surface area contributed by atoms with Crippen LogP contribution in [0, 0.1) is 0 Å². The largest absolute Gasteiger partial charge is 0.477 e. The standard InChI is InChI=1S/C26H31N3O7Si/c1-37(2,3)16-15-34-25(32)27-14-13-21-22(24(30)31)23(29-36-21)19-9-11-20(12-10-19)28-26(33)35-17-18-7-5-4-6-8-18/h4-12H,13-17H2,1-3H3,(H,27,32)(H,28,33)(H,30,31). The van der Waals surface area contributed by atoms with E-state index in [4.69, 9.17) is 14.0 Å². The molecule has 10 nitrogen and oxygen atoms in total. The van der Waals surface area contributed by atoms with Gasteiger partial charge in [0.15, 0.2) is 5.76 Å². The molecule has 0 spiro atoms. The molecule has 2 amide bonds. The van der Waals surface area contributed by atoms with E-state index in [1.165, 1.54) is 0 Å². The molecule has 0 aliphatic rings. The van der Waals surface area contributed by atoms with Crippen LogP contribution in [0.1, 0.15) is 21.7 Å². The van der Waals surface area contributed by atoms with E-state index in [2.05, 4.69) is 35.4 Å². The van der Waals surface area contributed by atoms with Crippen molar-refractivity contribution in [1.82, 2.24) is 10.5 Å². The molecule has 1 heterocycles. The van der Waals surface area contributed by atoms with Crippen LogP contribution in [0.5, 0.6) is 0 Å². The molecule has 3 aromatic rings. The lowest BCUT2D eigenvalue weighted by Gasteiger charge is -2.15. The van der Waals surface area contributed by atoms with Gasteiger partial charge in [0.2, 0.25) is 0 Å². The lowest BCUT2D eigenvalue weighted by molar-refractivity contribution is 0.0695. The van der Waals surface area contributed by atoms with Crippen LogP contribution in [0.4, 0.5) is 15.3 Å². The highest BCUT2D eigenvalue weighted by Gasteiger charge is 2.23. The summed E-state index contributed by atoms with van der Waals surface area (Å²) >= 11 is 0. The number of hydrogen-bond acceptors (Lipinski definition) is 7. The van der Waals surface area contributed by atoms with Crippen LogP contribution in [0.3, 0.4) is 0 Å². The van der Waals surface area contributed by atoms with Crippen LogP contribution in [0.25, 0.3) is 11.3 Å². The summed E-state index contributed by atoms with van der Waals surface area (Å²) in [7, 11) is -1.31. The fourth-order valence-corrected chi connectivity index (χ4v) is 3.99. The van der Waals surface area contributed by atoms with Crippen LogP contribution >= 0.6 is 0 Å². The van der Waals surface area contributed by atoms with Crippen molar-refractivity contribution in [2.24, 2.45) is 0 Å². The Morgan fingerprint density at radius 2 is 1.68 bits per heavy atom. The van der Waals surface area contributed by atoms with E-state index in [0.717, 1.165) is 11.6 Å². The number of rotatable bonds is 11. The van der Waals surface area contributed by atoms with Gasteiger partial charge in [-0.1, -0.05) is 67.3 Å². The molecule has 37 heavy (non-hydrogen) atoms. The number of anilines is 1. The van der Waals surface area contributed by atoms with E-state index in [1.54, 1.807) is 24.3 Å². The van der Waals surface area contributed by atoms with Crippen molar-refractivity contribution in [3.63, 3.8) is 0 Å². The van der Waals surface area contributed by atoms with E-state index < -0.39 is 26.2 Å². The molecule has 3 N–H and O–H groups in total. The third kappa shape index (κ3) is 8.80. The summed E-state index contributed by atoms with van der Waals surface area (Å²) in [6, 6.07) is 16.6. The van der Waals surface area contributed by atoms with Crippen LogP contribution < -0.4 is 10.6 Å². The highest BCUT2D eigenvalue weighted by Crippen LogP contribution is 2.27. The molecular formula is C26H31N3O7Si. The zero-order valence-corrected chi connectivity index (χ0v) is 22.1. The fourth-order valence-electron chi connectivity index (χ4n) is 3.28. The molecular weight excluding hydrogens is 494 g/mol. The quantitative estimate of drug-likeness (QED) is 0.283. The van der Waals surface area contributed by atoms with Gasteiger partial charge >= 0.3 is 18.2 Å². The van der Waals surface area contributed by atoms with Gasteiger partial charge in [-0.3, -0.25) is 5.32 Å². The predicted molar refractivity (Wildman–Crippen MR) is 140 cm³/mol. The van der Waals surface area contributed by atoms with Crippen LogP contribution in [-0.4, -0.2) is 49.6 Å². The Bertz CT molecular complexity index is 1210. The lowest BCUT2D eigenvalue weighted by atomic mass is 10.0. The highest BCUT2D eigenvalue weighted by atomic mass is 28.3. The average molecular weight is 526 g/mol. The Morgan fingerprint density at radius 1 is 0.973 bits per heavy atom. The number of nitrogens with one attached hydrogen (secondary N) is 2. The molecule has 11 heteroatoms. The molecule has 0 radical (unpaired) electrons. The van der Waals surface area contributed by atoms with Crippen molar-refractivity contribution in [3.05, 3.63) is 71.5 Å². The van der Waals surface area contributed by atoms with Gasteiger partial charge < -0.3 is 24.4 Å². The zero-order chi connectivity index (χ0) is 26.8. The van der Waals surface area contributed by atoms with Gasteiger partial charge in [0.1, 0.15) is 17.9 Å². The summed E-state index contributed by atoms with van der Waals surface area (Å²) in [5.74, 6) is -1.06. The first-order chi connectivity index (χ1) is 17.6. The second-order valence-electron chi connectivity index (χ2n) is 9.52. The molecule has 0 saturated carbocycles. The van der Waals surface area contributed by atoms with Crippen molar-refractivity contribution < 1.29 is 33.5 Å². The van der Waals surface area contributed by atoms with Gasteiger partial charge in [-0.05, 0) is 23.7 Å². The molecule has 2 aromatic carbocycles. The van der Waals surface area contributed by atoms with Crippen molar-refractivity contribution in [3.8, 4) is 11.3 Å². The number of carboxylic acids is 1. The minimum atomic E-state index is -1.31. The zero-order valence-electron chi connectivity index (χ0n) is 21.1. The van der Waals surface area contributed by atoms with E-state index in [9.17, 15) is 19.5 Å². The Balaban J connectivity index is 1.55. The third-order valence-electron chi connectivity index (χ3n) is 5.30. The number of ether oxygens (including phenoxy) is 2. The Labute approximate surface area is 216 Å². The maximum Gasteiger partial charge on any atom is 0.411 e. The number of carboxylic acid groups (broad SMARTS) is 1. The number of amides is 2. The topological polar surface area (TPSA) is 140 Å². The maximum atomic E-state index is 12.1. The minimum Gasteiger partial charge on any atom is -0.477 e. The monoisotopic (exact) mass is 525 g/mol. The van der Waals surface area contributed by atoms with Gasteiger partial charge in [0.05, 0.1) is 6.61 Å². The van der Waals surface area contributed by atoms with Crippen molar-refractivity contribution in [1.29, 1.82) is 0 Å². The number of carbonyl (C=O) groups is 3. The molecule has 0 fully saturated rings. The summed E-state index contributed by atoms with van der Waals surface area (Å²) < 4.78 is 15.6. The SMILES string of the molecule is C[Si](C)(C)CCOC(=O)NCCc1onc(-c2ccc(NC(=O)OCc3ccccc3)cc2)c1C(=O)O. The van der Waals surface area contributed by atoms with Crippen LogP contribution in [0.15, 0.2) is 59.1 Å². The summed E-state index contributed by atoms with van der Waals surface area (Å²) in [6.45, 7) is 7.19. The van der Waals surface area contributed by atoms with Gasteiger partial charge in [-0.25, -0.2) is 14.4 Å². The second-order valence-corrected chi connectivity index (χ2v) is 15.1. The molecule has 3 rings (SSSR count). The maximum absolute atomic E-state index is 12.1. The first-order valence-corrected chi connectivity index (χ1v) is 15.5. The molecule has 196 valence electrons. The minimum absolute atomic E-state index is 0.0862. The number of alkyl carbamates (subject to hydrolysis) is 1. The third-order valence-corrected chi connectivity index (χ3v) is 7.00. The summed E-state index contributed by atoms with van der Waals surface area (Å²) in [5, 5.41) is 18.9. The van der Waals surface area contributed by atoms with Gasteiger partial charge in [-0.15, -0.1) is 0 Å². The summed E-state index contributed by atoms with van der Waals surface area (Å²) in [4.78, 5) is 35.9. The van der Waals surface area contributed by atoms with E-state index >= 15 is 0 Å². The van der Waals surface area contributed by atoms with Gasteiger partial charge in [0, 0.05) is 32.3 Å². The number of nitrogens with zero attached hydrogens (tertiary/aromatic N) is 1. The number of benzene rings is 2. The molecule has 0 aliphatic heterocycles. The lowest BCUT2D eigenvalue weighted by Crippen LogP contribution is -2.29. The normalized spacial score (nSPS) is 11.0. The van der Waals surface area contributed by atoms with Crippen LogP contribution in [0.2, 0.25) is 25.7 Å². The number of aromatic nitrogens is 1. The Morgan fingerprint density at radius 3 is 2.32 bits per heavy atom. The molecule has 0 bridgehead atoms. The Kier molecular flexibility index (Phi) is 9.44. The first kappa shape index (κ1) is 27.5. The predicted octanol–water partition coefficient (Wildman–Crippen LogP) is 5.40. The van der Waals surface area contributed by atoms with Crippen molar-refractivity contribution in [2.75, 3.05) is 18.5 Å². The fraction of sp³-hybridized carbons (Fsp3) is 0.308. The highest BCUT2D eigenvalue weighted by molar-refractivity contribution is 6.76. The van der Waals surface area contributed by atoms with Gasteiger partial charge in [-0.2, -0.15) is 0 Å². The molecule has 0 atom stereocenters. The number of aromatic carboxylic acids is 1. The first-order valence-electron chi connectivity index (χ1n) is 11.8. The van der Waals surface area contributed by atoms with Crippen molar-refractivity contribution in [2.45, 2.75) is 38.7 Å². The molecule has 1 aromatic heterocycles. The summed E-state index contributed by atoms with van der Waals surface area (Å²) in [6.07, 6.45) is -1.04. The molecule has 0 aliphatic carbocycles. The Hall–Kier alpha value is -4.12.